The minimum Gasteiger partial charge on any atom is -0.468 e. The van der Waals surface area contributed by atoms with E-state index in [9.17, 15) is 4.79 Å². The van der Waals surface area contributed by atoms with E-state index in [-0.39, 0.29) is 11.9 Å². The highest BCUT2D eigenvalue weighted by Crippen LogP contribution is 2.41. The number of esters is 1. The van der Waals surface area contributed by atoms with Crippen molar-refractivity contribution in [2.24, 2.45) is 18.7 Å². The van der Waals surface area contributed by atoms with Gasteiger partial charge in [-0.15, -0.1) is 5.10 Å². The predicted molar refractivity (Wildman–Crippen MR) is 61.2 cm³/mol. The largest absolute Gasteiger partial charge is 0.468 e. The lowest BCUT2D eigenvalue weighted by Crippen LogP contribution is -2.53. The quantitative estimate of drug-likeness (QED) is 0.565. The molecule has 1 aliphatic carbocycles. The van der Waals surface area contributed by atoms with Crippen LogP contribution in [0.5, 0.6) is 0 Å². The van der Waals surface area contributed by atoms with Crippen molar-refractivity contribution in [3.63, 3.8) is 0 Å². The summed E-state index contributed by atoms with van der Waals surface area (Å²) < 4.78 is 6.33. The van der Waals surface area contributed by atoms with Gasteiger partial charge in [0.25, 0.3) is 0 Å². The van der Waals surface area contributed by atoms with Crippen molar-refractivity contribution in [3.8, 4) is 0 Å². The molecule has 1 heterocycles. The first kappa shape index (κ1) is 12.3. The summed E-state index contributed by atoms with van der Waals surface area (Å²) in [5, 5.41) is 11.7. The number of methoxy groups -OCH3 is 1. The number of carbonyl (C=O) groups excluding carboxylic acids is 1. The lowest BCUT2D eigenvalue weighted by Gasteiger charge is -2.25. The molecule has 1 unspecified atom stereocenters. The monoisotopic (exact) mass is 257 g/mol. The molecule has 8 heteroatoms. The summed E-state index contributed by atoms with van der Waals surface area (Å²) in [6.45, 7) is 0. The molecule has 1 fully saturated rings. The van der Waals surface area contributed by atoms with Crippen molar-refractivity contribution in [1.29, 1.82) is 0 Å². The standard InChI is InChI=1S/C9H15N5O2S/c1-14-8(11-12-13-14)17-5-9(10,6-3-4-6)7(15)16-2/h6H,3-5,10H2,1-2H3. The molecule has 0 spiro atoms. The maximum atomic E-state index is 11.7. The van der Waals surface area contributed by atoms with Crippen LogP contribution >= 0.6 is 11.8 Å². The summed E-state index contributed by atoms with van der Waals surface area (Å²) in [5.41, 5.74) is 5.23. The number of nitrogens with two attached hydrogens (primary N) is 1. The number of thioether (sulfide) groups is 1. The van der Waals surface area contributed by atoms with Gasteiger partial charge in [0, 0.05) is 12.8 Å². The summed E-state index contributed by atoms with van der Waals surface area (Å²) >= 11 is 1.37. The Hall–Kier alpha value is -1.15. The molecule has 2 N–H and O–H groups in total. The van der Waals surface area contributed by atoms with Crippen LogP contribution in [0.1, 0.15) is 12.8 Å². The van der Waals surface area contributed by atoms with Crippen LogP contribution in [0, 0.1) is 5.92 Å². The van der Waals surface area contributed by atoms with Crippen LogP contribution in [0.25, 0.3) is 0 Å². The molecule has 0 aromatic carbocycles. The van der Waals surface area contributed by atoms with Gasteiger partial charge in [-0.05, 0) is 29.2 Å². The zero-order valence-electron chi connectivity index (χ0n) is 9.79. The summed E-state index contributed by atoms with van der Waals surface area (Å²) in [6.07, 6.45) is 1.95. The molecule has 2 rings (SSSR count). The number of aromatic nitrogens is 4. The Bertz CT molecular complexity index is 419. The average Bonchev–Trinajstić information content (AvgIpc) is 3.10. The zero-order chi connectivity index (χ0) is 12.5. The molecule has 94 valence electrons. The highest BCUT2D eigenvalue weighted by Gasteiger charge is 2.49. The van der Waals surface area contributed by atoms with Crippen LogP contribution in [0.15, 0.2) is 5.16 Å². The maximum Gasteiger partial charge on any atom is 0.327 e. The van der Waals surface area contributed by atoms with E-state index in [0.29, 0.717) is 10.9 Å². The van der Waals surface area contributed by atoms with Gasteiger partial charge < -0.3 is 10.5 Å². The fraction of sp³-hybridized carbons (Fsp3) is 0.778. The maximum absolute atomic E-state index is 11.7. The van der Waals surface area contributed by atoms with E-state index in [1.807, 2.05) is 0 Å². The summed E-state index contributed by atoms with van der Waals surface area (Å²) in [4.78, 5) is 11.7. The Kier molecular flexibility index (Phi) is 3.34. The number of hydrogen-bond donors (Lipinski definition) is 1. The first-order valence-electron chi connectivity index (χ1n) is 5.30. The minimum absolute atomic E-state index is 0.212. The van der Waals surface area contributed by atoms with Gasteiger partial charge in [0.2, 0.25) is 5.16 Å². The van der Waals surface area contributed by atoms with E-state index in [2.05, 4.69) is 15.5 Å². The van der Waals surface area contributed by atoms with Gasteiger partial charge in [-0.1, -0.05) is 11.8 Å². The molecule has 1 atom stereocenters. The molecular weight excluding hydrogens is 242 g/mol. The molecule has 1 aromatic heterocycles. The number of rotatable bonds is 5. The van der Waals surface area contributed by atoms with E-state index in [4.69, 9.17) is 10.5 Å². The fourth-order valence-electron chi connectivity index (χ4n) is 1.66. The summed E-state index contributed by atoms with van der Waals surface area (Å²) in [6, 6.07) is 0. The van der Waals surface area contributed by atoms with Crippen molar-refractivity contribution in [3.05, 3.63) is 0 Å². The zero-order valence-corrected chi connectivity index (χ0v) is 10.6. The molecule has 0 aliphatic heterocycles. The van der Waals surface area contributed by atoms with Crippen LogP contribution in [-0.2, 0) is 16.6 Å². The Morgan fingerprint density at radius 1 is 1.71 bits per heavy atom. The van der Waals surface area contributed by atoms with Crippen molar-refractivity contribution in [2.45, 2.75) is 23.5 Å². The van der Waals surface area contributed by atoms with Gasteiger partial charge in [0.05, 0.1) is 7.11 Å². The number of carbonyl (C=O) groups is 1. The normalized spacial score (nSPS) is 18.8. The SMILES string of the molecule is COC(=O)C(N)(CSc1nnnn1C)C1CC1. The van der Waals surface area contributed by atoms with E-state index >= 15 is 0 Å². The molecule has 0 amide bonds. The molecule has 0 bridgehead atoms. The van der Waals surface area contributed by atoms with Crippen LogP contribution in [0.3, 0.4) is 0 Å². The molecule has 1 aromatic rings. The second kappa shape index (κ2) is 4.61. The Balaban J connectivity index is 2.04. The van der Waals surface area contributed by atoms with E-state index in [1.165, 1.54) is 18.9 Å². The fourth-order valence-corrected chi connectivity index (χ4v) is 2.70. The van der Waals surface area contributed by atoms with Gasteiger partial charge in [-0.2, -0.15) is 0 Å². The van der Waals surface area contributed by atoms with Crippen LogP contribution < -0.4 is 5.73 Å². The highest BCUT2D eigenvalue weighted by atomic mass is 32.2. The topological polar surface area (TPSA) is 95.9 Å². The lowest BCUT2D eigenvalue weighted by molar-refractivity contribution is -0.146. The van der Waals surface area contributed by atoms with Crippen molar-refractivity contribution in [1.82, 2.24) is 20.2 Å². The van der Waals surface area contributed by atoms with Crippen LogP contribution in [-0.4, -0.2) is 44.6 Å². The number of nitrogens with zero attached hydrogens (tertiary/aromatic N) is 4. The van der Waals surface area contributed by atoms with E-state index in [0.717, 1.165) is 12.8 Å². The molecule has 1 saturated carbocycles. The Morgan fingerprint density at radius 3 is 2.88 bits per heavy atom. The predicted octanol–water partition coefficient (Wildman–Crippen LogP) is -0.417. The molecule has 7 nitrogen and oxygen atoms in total. The average molecular weight is 257 g/mol. The number of tetrazole rings is 1. The van der Waals surface area contributed by atoms with Crippen LogP contribution in [0.2, 0.25) is 0 Å². The summed E-state index contributed by atoms with van der Waals surface area (Å²) in [5.74, 6) is 0.282. The Morgan fingerprint density at radius 2 is 2.41 bits per heavy atom. The second-order valence-electron chi connectivity index (χ2n) is 4.18. The summed E-state index contributed by atoms with van der Waals surface area (Å²) in [7, 11) is 3.11. The third-order valence-corrected chi connectivity index (χ3v) is 4.12. The second-order valence-corrected chi connectivity index (χ2v) is 5.12. The van der Waals surface area contributed by atoms with Gasteiger partial charge in [0.15, 0.2) is 0 Å². The Labute approximate surface area is 103 Å². The first-order chi connectivity index (χ1) is 8.08. The van der Waals surface area contributed by atoms with Crippen molar-refractivity contribution < 1.29 is 9.53 Å². The third kappa shape index (κ3) is 2.42. The number of hydrogen-bond acceptors (Lipinski definition) is 7. The number of aryl methyl sites for hydroxylation is 1. The van der Waals surface area contributed by atoms with Crippen molar-refractivity contribution >= 4 is 17.7 Å². The smallest absolute Gasteiger partial charge is 0.327 e. The number of ether oxygens (including phenoxy) is 1. The van der Waals surface area contributed by atoms with E-state index < -0.39 is 5.54 Å². The molecule has 1 aliphatic rings. The van der Waals surface area contributed by atoms with Gasteiger partial charge in [-0.3, -0.25) is 4.79 Å². The van der Waals surface area contributed by atoms with E-state index in [1.54, 1.807) is 11.7 Å². The molecule has 17 heavy (non-hydrogen) atoms. The lowest BCUT2D eigenvalue weighted by atomic mass is 9.97. The highest BCUT2D eigenvalue weighted by molar-refractivity contribution is 7.99. The molecular formula is C9H15N5O2S. The minimum atomic E-state index is -0.925. The third-order valence-electron chi connectivity index (χ3n) is 2.89. The molecule has 0 saturated heterocycles. The molecule has 0 radical (unpaired) electrons. The van der Waals surface area contributed by atoms with Gasteiger partial charge in [-0.25, -0.2) is 4.68 Å². The van der Waals surface area contributed by atoms with Crippen LogP contribution in [0.4, 0.5) is 0 Å². The first-order valence-corrected chi connectivity index (χ1v) is 6.29. The van der Waals surface area contributed by atoms with Gasteiger partial charge >= 0.3 is 5.97 Å². The van der Waals surface area contributed by atoms with Crippen molar-refractivity contribution in [2.75, 3.05) is 12.9 Å². The van der Waals surface area contributed by atoms with Gasteiger partial charge in [0.1, 0.15) is 5.54 Å².